The number of hydrogen-bond acceptors (Lipinski definition) is 4. The zero-order valence-electron chi connectivity index (χ0n) is 19.2. The predicted octanol–water partition coefficient (Wildman–Crippen LogP) is 4.83. The summed E-state index contributed by atoms with van der Waals surface area (Å²) in [6.07, 6.45) is 1.18. The van der Waals surface area contributed by atoms with Crippen LogP contribution in [-0.2, 0) is 10.0 Å². The van der Waals surface area contributed by atoms with Gasteiger partial charge in [0.1, 0.15) is 0 Å². The van der Waals surface area contributed by atoms with Gasteiger partial charge in [0.2, 0.25) is 0 Å². The van der Waals surface area contributed by atoms with Crippen LogP contribution in [0.1, 0.15) is 32.3 Å². The van der Waals surface area contributed by atoms with E-state index >= 15 is 0 Å². The first-order valence-corrected chi connectivity index (χ1v) is 12.8. The van der Waals surface area contributed by atoms with Gasteiger partial charge in [0, 0.05) is 6.54 Å². The van der Waals surface area contributed by atoms with Gasteiger partial charge in [0.25, 0.3) is 10.0 Å². The van der Waals surface area contributed by atoms with Crippen molar-refractivity contribution in [3.05, 3.63) is 72.3 Å². The number of aliphatic hydroxyl groups is 1. The van der Waals surface area contributed by atoms with Crippen molar-refractivity contribution in [2.75, 3.05) is 30.5 Å². The number of nitrogens with zero attached hydrogens (tertiary/aromatic N) is 2. The third-order valence-electron chi connectivity index (χ3n) is 5.56. The second kappa shape index (κ2) is 10.9. The van der Waals surface area contributed by atoms with E-state index in [1.54, 1.807) is 24.3 Å². The molecule has 0 heterocycles. The van der Waals surface area contributed by atoms with E-state index in [1.807, 2.05) is 49.4 Å². The first kappa shape index (κ1) is 24.2. The molecule has 0 aliphatic carbocycles. The number of hydrogen-bond donors (Lipinski definition) is 1. The monoisotopic (exact) mass is 454 g/mol. The smallest absolute Gasteiger partial charge is 0.264 e. The Bertz CT molecular complexity index is 1110. The Morgan fingerprint density at radius 1 is 0.844 bits per heavy atom. The van der Waals surface area contributed by atoms with Gasteiger partial charge in [-0.3, -0.25) is 4.31 Å². The molecule has 0 aliphatic rings. The lowest BCUT2D eigenvalue weighted by molar-refractivity contribution is 0.119. The topological polar surface area (TPSA) is 60.9 Å². The van der Waals surface area contributed by atoms with Gasteiger partial charge in [-0.1, -0.05) is 61.9 Å². The van der Waals surface area contributed by atoms with Gasteiger partial charge in [-0.05, 0) is 67.9 Å². The van der Waals surface area contributed by atoms with Gasteiger partial charge in [0.05, 0.1) is 23.2 Å². The van der Waals surface area contributed by atoms with Gasteiger partial charge >= 0.3 is 0 Å². The number of sulfonamides is 1. The van der Waals surface area contributed by atoms with Crippen LogP contribution in [-0.4, -0.2) is 50.7 Å². The molecule has 0 spiro atoms. The number of rotatable bonds is 11. The number of anilines is 1. The van der Waals surface area contributed by atoms with E-state index in [0.717, 1.165) is 42.3 Å². The minimum atomic E-state index is -3.86. The first-order chi connectivity index (χ1) is 15.3. The van der Waals surface area contributed by atoms with Gasteiger partial charge in [-0.2, -0.15) is 0 Å². The van der Waals surface area contributed by atoms with Crippen molar-refractivity contribution in [1.29, 1.82) is 0 Å². The van der Waals surface area contributed by atoms with Crippen LogP contribution < -0.4 is 4.31 Å². The lowest BCUT2D eigenvalue weighted by Gasteiger charge is -2.30. The van der Waals surface area contributed by atoms with Crippen LogP contribution in [0.3, 0.4) is 0 Å². The molecule has 0 saturated carbocycles. The van der Waals surface area contributed by atoms with Crippen molar-refractivity contribution in [3.8, 4) is 0 Å². The Hall–Kier alpha value is -2.41. The highest BCUT2D eigenvalue weighted by molar-refractivity contribution is 7.92. The highest BCUT2D eigenvalue weighted by Gasteiger charge is 2.28. The molecule has 1 N–H and O–H groups in total. The van der Waals surface area contributed by atoms with Gasteiger partial charge in [-0.25, -0.2) is 8.42 Å². The van der Waals surface area contributed by atoms with Crippen molar-refractivity contribution in [1.82, 2.24) is 4.90 Å². The number of aryl methyl sites for hydroxylation is 1. The maximum Gasteiger partial charge on any atom is 0.264 e. The fourth-order valence-corrected chi connectivity index (χ4v) is 5.52. The molecule has 0 aromatic heterocycles. The van der Waals surface area contributed by atoms with Crippen molar-refractivity contribution in [3.63, 3.8) is 0 Å². The largest absolute Gasteiger partial charge is 0.390 e. The van der Waals surface area contributed by atoms with E-state index in [4.69, 9.17) is 0 Å². The second-order valence-electron chi connectivity index (χ2n) is 8.34. The summed E-state index contributed by atoms with van der Waals surface area (Å²) >= 11 is 0. The van der Waals surface area contributed by atoms with Crippen molar-refractivity contribution < 1.29 is 13.5 Å². The minimum Gasteiger partial charge on any atom is -0.390 e. The zero-order valence-corrected chi connectivity index (χ0v) is 20.1. The molecular formula is C26H34N2O3S. The lowest BCUT2D eigenvalue weighted by Crippen LogP contribution is -2.43. The van der Waals surface area contributed by atoms with Crippen LogP contribution in [0.25, 0.3) is 10.8 Å². The fourth-order valence-electron chi connectivity index (χ4n) is 3.98. The molecule has 0 saturated heterocycles. The zero-order chi connectivity index (χ0) is 23.1. The Balaban J connectivity index is 1.95. The van der Waals surface area contributed by atoms with Crippen LogP contribution in [0, 0.1) is 6.92 Å². The summed E-state index contributed by atoms with van der Waals surface area (Å²) in [6.45, 7) is 8.39. The predicted molar refractivity (Wildman–Crippen MR) is 133 cm³/mol. The summed E-state index contributed by atoms with van der Waals surface area (Å²) in [5, 5.41) is 12.8. The van der Waals surface area contributed by atoms with Crippen molar-refractivity contribution in [2.24, 2.45) is 0 Å². The fraction of sp³-hybridized carbons (Fsp3) is 0.385. The maximum atomic E-state index is 13.7. The maximum absolute atomic E-state index is 13.7. The van der Waals surface area contributed by atoms with E-state index in [-0.39, 0.29) is 11.4 Å². The van der Waals surface area contributed by atoms with E-state index in [9.17, 15) is 13.5 Å². The molecule has 3 aromatic rings. The Labute approximate surface area is 192 Å². The summed E-state index contributed by atoms with van der Waals surface area (Å²) in [5.41, 5.74) is 1.61. The average molecular weight is 455 g/mol. The number of fused-ring (bicyclic) bond motifs is 1. The molecule has 5 nitrogen and oxygen atoms in total. The molecule has 0 unspecified atom stereocenters. The number of benzene rings is 3. The summed E-state index contributed by atoms with van der Waals surface area (Å²) in [6, 6.07) is 20.3. The van der Waals surface area contributed by atoms with Crippen molar-refractivity contribution >= 4 is 26.5 Å². The molecule has 1 atom stereocenters. The first-order valence-electron chi connectivity index (χ1n) is 11.3. The Kier molecular flexibility index (Phi) is 8.29. The molecule has 0 radical (unpaired) electrons. The third-order valence-corrected chi connectivity index (χ3v) is 7.35. The van der Waals surface area contributed by atoms with Crippen LogP contribution in [0.4, 0.5) is 5.69 Å². The molecule has 172 valence electrons. The average Bonchev–Trinajstić information content (AvgIpc) is 2.78. The number of aliphatic hydroxyl groups excluding tert-OH is 1. The van der Waals surface area contributed by atoms with E-state index in [2.05, 4.69) is 18.7 Å². The molecule has 0 bridgehead atoms. The van der Waals surface area contributed by atoms with E-state index < -0.39 is 16.1 Å². The molecule has 32 heavy (non-hydrogen) atoms. The molecule has 6 heteroatoms. The van der Waals surface area contributed by atoms with Crippen LogP contribution in [0.5, 0.6) is 0 Å². The summed E-state index contributed by atoms with van der Waals surface area (Å²) in [7, 11) is -3.86. The summed E-state index contributed by atoms with van der Waals surface area (Å²) < 4.78 is 28.8. The Morgan fingerprint density at radius 3 is 2.09 bits per heavy atom. The molecule has 3 aromatic carbocycles. The lowest BCUT2D eigenvalue weighted by atomic mass is 10.1. The SMILES string of the molecule is CCCN(CCC)C[C@@H](O)CN(c1ccc(C)cc1)S(=O)(=O)c1ccc2ccccc2c1. The van der Waals surface area contributed by atoms with Crippen LogP contribution in [0.15, 0.2) is 71.6 Å². The quantitative estimate of drug-likeness (QED) is 0.451. The second-order valence-corrected chi connectivity index (χ2v) is 10.2. The van der Waals surface area contributed by atoms with E-state index in [0.29, 0.717) is 12.2 Å². The molecule has 3 rings (SSSR count). The van der Waals surface area contributed by atoms with Gasteiger partial charge in [-0.15, -0.1) is 0 Å². The standard InChI is InChI=1S/C26H34N2O3S/c1-4-16-27(17-5-2)19-25(29)20-28(24-13-10-21(3)11-14-24)32(30,31)26-15-12-22-8-6-7-9-23(22)18-26/h6-15,18,25,29H,4-5,16-17,19-20H2,1-3H3/t25-/m1/s1. The molecule has 0 amide bonds. The molecule has 0 aliphatic heterocycles. The normalized spacial score (nSPS) is 12.9. The van der Waals surface area contributed by atoms with Crippen LogP contribution in [0.2, 0.25) is 0 Å². The van der Waals surface area contributed by atoms with Gasteiger partial charge in [0.15, 0.2) is 0 Å². The van der Waals surface area contributed by atoms with Crippen LogP contribution >= 0.6 is 0 Å². The summed E-state index contributed by atoms with van der Waals surface area (Å²) in [5.74, 6) is 0. The summed E-state index contributed by atoms with van der Waals surface area (Å²) in [4.78, 5) is 2.42. The van der Waals surface area contributed by atoms with Crippen molar-refractivity contribution in [2.45, 2.75) is 44.6 Å². The highest BCUT2D eigenvalue weighted by Crippen LogP contribution is 2.27. The minimum absolute atomic E-state index is 0.00213. The highest BCUT2D eigenvalue weighted by atomic mass is 32.2. The molecular weight excluding hydrogens is 420 g/mol. The van der Waals surface area contributed by atoms with Gasteiger partial charge < -0.3 is 10.0 Å². The van der Waals surface area contributed by atoms with E-state index in [1.165, 1.54) is 4.31 Å². The third kappa shape index (κ3) is 5.88. The Morgan fingerprint density at radius 2 is 1.47 bits per heavy atom. The molecule has 0 fully saturated rings.